The van der Waals surface area contributed by atoms with Gasteiger partial charge in [0, 0.05) is 18.9 Å². The lowest BCUT2D eigenvalue weighted by molar-refractivity contribution is -0.787. The average molecular weight is 319 g/mol. The largest absolute Gasteiger partial charge is 0.481 e. The number of quaternary nitrogens is 1. The van der Waals surface area contributed by atoms with Crippen LogP contribution in [0.1, 0.15) is 53.0 Å². The molecule has 1 fully saturated rings. The third kappa shape index (κ3) is 4.96. The Labute approximate surface area is 140 Å². The average Bonchev–Trinajstić information content (AvgIpc) is 2.37. The zero-order chi connectivity index (χ0) is 17.3. The molecule has 1 saturated heterocycles. The molecule has 1 amide bonds. The summed E-state index contributed by atoms with van der Waals surface area (Å²) in [6.45, 7) is 12.7. The number of amides is 1. The summed E-state index contributed by atoms with van der Waals surface area (Å²) in [5, 5.41) is 5.60. The maximum absolute atomic E-state index is 12.5. The van der Waals surface area contributed by atoms with Crippen molar-refractivity contribution in [2.45, 2.75) is 77.6 Å². The molecule has 0 spiro atoms. The molecular weight excluding hydrogens is 288 g/mol. The molecule has 4 nitrogen and oxygen atoms in total. The third-order valence-electron chi connectivity index (χ3n) is 4.44. The highest BCUT2D eigenvalue weighted by atomic mass is 16.5. The van der Waals surface area contributed by atoms with Gasteiger partial charge in [-0.25, -0.2) is 0 Å². The minimum atomic E-state index is -0.492. The molecule has 3 N–H and O–H groups in total. The number of hydrogen-bond acceptors (Lipinski definition) is 2. The molecule has 0 unspecified atom stereocenters. The Balaban J connectivity index is 1.97. The molecule has 0 aromatic heterocycles. The number of carbonyl (C=O) groups excluding carboxylic acids is 1. The van der Waals surface area contributed by atoms with Crippen LogP contribution in [0.25, 0.3) is 0 Å². The highest BCUT2D eigenvalue weighted by Gasteiger charge is 2.42. The van der Waals surface area contributed by atoms with Crippen molar-refractivity contribution in [1.82, 2.24) is 5.32 Å². The summed E-state index contributed by atoms with van der Waals surface area (Å²) < 4.78 is 5.83. The van der Waals surface area contributed by atoms with Gasteiger partial charge in [0.25, 0.3) is 5.91 Å². The van der Waals surface area contributed by atoms with Crippen LogP contribution in [-0.2, 0) is 4.79 Å². The van der Waals surface area contributed by atoms with Crippen LogP contribution >= 0.6 is 0 Å². The lowest BCUT2D eigenvalue weighted by Crippen LogP contribution is -3.06. The maximum atomic E-state index is 12.5. The topological polar surface area (TPSA) is 54.9 Å². The minimum Gasteiger partial charge on any atom is -0.481 e. The van der Waals surface area contributed by atoms with E-state index in [-0.39, 0.29) is 23.0 Å². The van der Waals surface area contributed by atoms with Crippen LogP contribution in [0.5, 0.6) is 5.75 Å². The third-order valence-corrected chi connectivity index (χ3v) is 4.44. The molecule has 1 heterocycles. The van der Waals surface area contributed by atoms with Gasteiger partial charge in [0.2, 0.25) is 0 Å². The van der Waals surface area contributed by atoms with E-state index in [0.717, 1.165) is 24.2 Å². The Hall–Kier alpha value is -1.55. The number of ether oxygens (including phenoxy) is 1. The standard InChI is InChI=1S/C19H30N2O2/c1-13-9-7-8-10-16(13)23-14(2)17(22)20-15-11-18(3,4)21-19(5,6)12-15/h7-10,14-15,21H,11-12H2,1-6H3,(H,20,22)/p+1/t14-/m1/s1. The Kier molecular flexibility index (Phi) is 5.04. The van der Waals surface area contributed by atoms with Gasteiger partial charge in [0.15, 0.2) is 6.10 Å². The summed E-state index contributed by atoms with van der Waals surface area (Å²) in [5.74, 6) is 0.736. The summed E-state index contributed by atoms with van der Waals surface area (Å²) >= 11 is 0. The summed E-state index contributed by atoms with van der Waals surface area (Å²) in [7, 11) is 0. The van der Waals surface area contributed by atoms with E-state index >= 15 is 0 Å². The second-order valence-electron chi connectivity index (χ2n) is 8.26. The summed E-state index contributed by atoms with van der Waals surface area (Å²) in [6, 6.07) is 7.98. The molecule has 1 aromatic carbocycles. The first-order valence-corrected chi connectivity index (χ1v) is 8.48. The van der Waals surface area contributed by atoms with Crippen LogP contribution in [0.3, 0.4) is 0 Å². The fraction of sp³-hybridized carbons (Fsp3) is 0.632. The molecule has 1 aromatic rings. The Bertz CT molecular complexity index is 550. The van der Waals surface area contributed by atoms with Crippen LogP contribution in [0.4, 0.5) is 0 Å². The first-order chi connectivity index (χ1) is 10.6. The molecule has 0 radical (unpaired) electrons. The Morgan fingerprint density at radius 2 is 1.78 bits per heavy atom. The first-order valence-electron chi connectivity index (χ1n) is 8.48. The van der Waals surface area contributed by atoms with Crippen LogP contribution in [0.15, 0.2) is 24.3 Å². The van der Waals surface area contributed by atoms with Gasteiger partial charge in [-0.05, 0) is 53.2 Å². The number of rotatable bonds is 4. The number of hydrogen-bond donors (Lipinski definition) is 2. The SMILES string of the molecule is Cc1ccccc1O[C@H](C)C(=O)NC1CC(C)(C)[NH2+]C(C)(C)C1. The van der Waals surface area contributed by atoms with Gasteiger partial charge in [-0.3, -0.25) is 4.79 Å². The van der Waals surface area contributed by atoms with E-state index in [9.17, 15) is 4.79 Å². The zero-order valence-electron chi connectivity index (χ0n) is 15.3. The molecule has 2 rings (SSSR count). The molecule has 1 atom stereocenters. The summed E-state index contributed by atoms with van der Waals surface area (Å²) in [6.07, 6.45) is 1.45. The maximum Gasteiger partial charge on any atom is 0.261 e. The quantitative estimate of drug-likeness (QED) is 0.893. The van der Waals surface area contributed by atoms with Crippen molar-refractivity contribution in [3.8, 4) is 5.75 Å². The van der Waals surface area contributed by atoms with Gasteiger partial charge in [-0.1, -0.05) is 18.2 Å². The van der Waals surface area contributed by atoms with Crippen LogP contribution in [0, 0.1) is 6.92 Å². The number of piperidine rings is 1. The Morgan fingerprint density at radius 3 is 2.35 bits per heavy atom. The minimum absolute atomic E-state index is 0.0354. The summed E-state index contributed by atoms with van der Waals surface area (Å²) in [4.78, 5) is 12.5. The van der Waals surface area contributed by atoms with Gasteiger partial charge < -0.3 is 15.4 Å². The molecule has 0 saturated carbocycles. The molecule has 4 heteroatoms. The molecular formula is C19H31N2O2+. The predicted molar refractivity (Wildman–Crippen MR) is 92.5 cm³/mol. The fourth-order valence-corrected chi connectivity index (χ4v) is 3.87. The van der Waals surface area contributed by atoms with Crippen molar-refractivity contribution in [3.05, 3.63) is 29.8 Å². The van der Waals surface area contributed by atoms with E-state index in [0.29, 0.717) is 0 Å². The number of nitrogens with one attached hydrogen (secondary N) is 1. The van der Waals surface area contributed by atoms with E-state index in [1.54, 1.807) is 0 Å². The monoisotopic (exact) mass is 319 g/mol. The highest BCUT2D eigenvalue weighted by molar-refractivity contribution is 5.81. The van der Waals surface area contributed by atoms with Crippen molar-refractivity contribution in [3.63, 3.8) is 0 Å². The highest BCUT2D eigenvalue weighted by Crippen LogP contribution is 2.22. The normalized spacial score (nSPS) is 21.5. The van der Waals surface area contributed by atoms with E-state index in [1.807, 2.05) is 38.1 Å². The van der Waals surface area contributed by atoms with E-state index in [1.165, 1.54) is 0 Å². The first kappa shape index (κ1) is 17.8. The summed E-state index contributed by atoms with van der Waals surface area (Å²) in [5.41, 5.74) is 1.32. The lowest BCUT2D eigenvalue weighted by Gasteiger charge is -2.43. The molecule has 128 valence electrons. The number of carbonyl (C=O) groups is 1. The number of nitrogens with two attached hydrogens (primary N) is 1. The smallest absolute Gasteiger partial charge is 0.261 e. The Morgan fingerprint density at radius 1 is 1.22 bits per heavy atom. The van der Waals surface area contributed by atoms with Crippen molar-refractivity contribution in [1.29, 1.82) is 0 Å². The molecule has 0 bridgehead atoms. The molecule has 1 aliphatic heterocycles. The van der Waals surface area contributed by atoms with E-state index in [4.69, 9.17) is 4.74 Å². The van der Waals surface area contributed by atoms with Gasteiger partial charge in [0.1, 0.15) is 5.75 Å². The molecule has 23 heavy (non-hydrogen) atoms. The number of para-hydroxylation sites is 1. The number of aryl methyl sites for hydroxylation is 1. The zero-order valence-corrected chi connectivity index (χ0v) is 15.3. The van der Waals surface area contributed by atoms with Gasteiger partial charge in [-0.15, -0.1) is 0 Å². The van der Waals surface area contributed by atoms with E-state index in [2.05, 4.69) is 38.3 Å². The van der Waals surface area contributed by atoms with Crippen LogP contribution < -0.4 is 15.4 Å². The van der Waals surface area contributed by atoms with Crippen molar-refractivity contribution < 1.29 is 14.8 Å². The van der Waals surface area contributed by atoms with Crippen LogP contribution in [-0.4, -0.2) is 29.1 Å². The second kappa shape index (κ2) is 6.52. The lowest BCUT2D eigenvalue weighted by atomic mass is 9.79. The predicted octanol–water partition coefficient (Wildman–Crippen LogP) is 2.16. The van der Waals surface area contributed by atoms with Crippen molar-refractivity contribution in [2.75, 3.05) is 0 Å². The van der Waals surface area contributed by atoms with Gasteiger partial charge in [-0.2, -0.15) is 0 Å². The fourth-order valence-electron chi connectivity index (χ4n) is 3.87. The van der Waals surface area contributed by atoms with E-state index < -0.39 is 6.10 Å². The van der Waals surface area contributed by atoms with Crippen molar-refractivity contribution >= 4 is 5.91 Å². The molecule has 0 aliphatic carbocycles. The van der Waals surface area contributed by atoms with Gasteiger partial charge >= 0.3 is 0 Å². The van der Waals surface area contributed by atoms with Crippen molar-refractivity contribution in [2.24, 2.45) is 0 Å². The van der Waals surface area contributed by atoms with Gasteiger partial charge in [0.05, 0.1) is 11.1 Å². The second-order valence-corrected chi connectivity index (χ2v) is 8.26. The number of benzene rings is 1. The van der Waals surface area contributed by atoms with Crippen LogP contribution in [0.2, 0.25) is 0 Å². The molecule has 1 aliphatic rings.